The van der Waals surface area contributed by atoms with E-state index in [1.54, 1.807) is 12.1 Å². The Morgan fingerprint density at radius 3 is 2.17 bits per heavy atom. The largest absolute Gasteiger partial charge is 0.508 e. The molecule has 3 aromatic heterocycles. The summed E-state index contributed by atoms with van der Waals surface area (Å²) in [4.78, 5) is 9.58. The van der Waals surface area contributed by atoms with E-state index in [2.05, 4.69) is 56.4 Å². The summed E-state index contributed by atoms with van der Waals surface area (Å²) in [5, 5.41) is 13.2. The van der Waals surface area contributed by atoms with Crippen molar-refractivity contribution in [1.29, 1.82) is 0 Å². The Hall–Kier alpha value is -3.40. The third-order valence-electron chi connectivity index (χ3n) is 5.92. The van der Waals surface area contributed by atoms with Gasteiger partial charge in [-0.1, -0.05) is 45.9 Å². The van der Waals surface area contributed by atoms with Crippen molar-refractivity contribution >= 4 is 27.5 Å². The Morgan fingerprint density at radius 2 is 1.47 bits per heavy atom. The molecule has 30 heavy (non-hydrogen) atoms. The fourth-order valence-electron chi connectivity index (χ4n) is 4.52. The van der Waals surface area contributed by atoms with Crippen LogP contribution in [0, 0.1) is 0 Å². The van der Waals surface area contributed by atoms with Crippen molar-refractivity contribution in [3.8, 4) is 17.0 Å². The van der Waals surface area contributed by atoms with Crippen LogP contribution in [0.4, 0.5) is 0 Å². The zero-order chi connectivity index (χ0) is 21.0. The number of aromatic hydroxyl groups is 1. The van der Waals surface area contributed by atoms with E-state index in [4.69, 9.17) is 9.97 Å². The highest BCUT2D eigenvalue weighted by atomic mass is 16.3. The normalized spacial score (nSPS) is 12.1. The molecule has 150 valence electrons. The zero-order valence-electron chi connectivity index (χ0n) is 17.7. The molecule has 3 heterocycles. The highest BCUT2D eigenvalue weighted by molar-refractivity contribution is 6.11. The van der Waals surface area contributed by atoms with Crippen molar-refractivity contribution in [2.75, 3.05) is 0 Å². The molecule has 0 aliphatic heterocycles. The van der Waals surface area contributed by atoms with Gasteiger partial charge in [0.15, 0.2) is 0 Å². The maximum atomic E-state index is 10.2. The number of fused-ring (bicyclic) bond motifs is 6. The number of rotatable bonds is 3. The van der Waals surface area contributed by atoms with E-state index in [-0.39, 0.29) is 5.75 Å². The summed E-state index contributed by atoms with van der Waals surface area (Å²) in [6.45, 7) is 8.93. The van der Waals surface area contributed by atoms with Gasteiger partial charge in [-0.05, 0) is 58.7 Å². The second-order valence-electron chi connectivity index (χ2n) is 8.53. The molecule has 4 nitrogen and oxygen atoms in total. The first-order valence-corrected chi connectivity index (χ1v) is 10.5. The topological polar surface area (TPSA) is 50.4 Å². The van der Waals surface area contributed by atoms with Gasteiger partial charge in [0, 0.05) is 22.5 Å². The van der Waals surface area contributed by atoms with Gasteiger partial charge in [0.05, 0.1) is 11.9 Å². The number of imidazole rings is 1. The number of phenolic OH excluding ortho intramolecular Hbond substituents is 1. The molecule has 0 atom stereocenters. The first-order chi connectivity index (χ1) is 14.5. The first-order valence-electron chi connectivity index (χ1n) is 10.5. The van der Waals surface area contributed by atoms with Gasteiger partial charge in [-0.3, -0.25) is 4.40 Å². The van der Waals surface area contributed by atoms with Crippen LogP contribution in [0.25, 0.3) is 38.7 Å². The molecule has 4 heteroatoms. The van der Waals surface area contributed by atoms with Crippen molar-refractivity contribution in [2.45, 2.75) is 39.5 Å². The van der Waals surface area contributed by atoms with Gasteiger partial charge in [-0.15, -0.1) is 0 Å². The number of aromatic nitrogens is 3. The minimum absolute atomic E-state index is 0.239. The van der Waals surface area contributed by atoms with E-state index >= 15 is 0 Å². The lowest BCUT2D eigenvalue weighted by Gasteiger charge is -2.20. The lowest BCUT2D eigenvalue weighted by molar-refractivity contribution is 0.476. The Balaban J connectivity index is 2.01. The molecule has 0 bridgehead atoms. The van der Waals surface area contributed by atoms with Crippen molar-refractivity contribution in [3.05, 3.63) is 72.1 Å². The van der Waals surface area contributed by atoms with Gasteiger partial charge in [-0.2, -0.15) is 0 Å². The third-order valence-corrected chi connectivity index (χ3v) is 5.92. The van der Waals surface area contributed by atoms with E-state index in [0.29, 0.717) is 11.8 Å². The van der Waals surface area contributed by atoms with Crippen LogP contribution in [0.3, 0.4) is 0 Å². The van der Waals surface area contributed by atoms with E-state index in [1.807, 2.05) is 24.5 Å². The highest BCUT2D eigenvalue weighted by Crippen LogP contribution is 2.39. The van der Waals surface area contributed by atoms with Gasteiger partial charge in [-0.25, -0.2) is 9.97 Å². The number of benzene rings is 2. The Labute approximate surface area is 175 Å². The Kier molecular flexibility index (Phi) is 4.24. The summed E-state index contributed by atoms with van der Waals surface area (Å²) in [7, 11) is 0. The van der Waals surface area contributed by atoms with Gasteiger partial charge in [0.2, 0.25) is 0 Å². The van der Waals surface area contributed by atoms with E-state index in [0.717, 1.165) is 33.1 Å². The summed E-state index contributed by atoms with van der Waals surface area (Å²) in [5.41, 5.74) is 6.60. The van der Waals surface area contributed by atoms with Crippen molar-refractivity contribution < 1.29 is 5.11 Å². The van der Waals surface area contributed by atoms with Gasteiger partial charge < -0.3 is 5.11 Å². The molecular weight excluding hydrogens is 370 g/mol. The van der Waals surface area contributed by atoms with Gasteiger partial charge >= 0.3 is 0 Å². The van der Waals surface area contributed by atoms with Crippen LogP contribution < -0.4 is 0 Å². The van der Waals surface area contributed by atoms with Crippen LogP contribution in [0.1, 0.15) is 50.7 Å². The summed E-state index contributed by atoms with van der Waals surface area (Å²) < 4.78 is 2.16. The fourth-order valence-corrected chi connectivity index (χ4v) is 4.52. The first kappa shape index (κ1) is 18.6. The second-order valence-corrected chi connectivity index (χ2v) is 8.53. The van der Waals surface area contributed by atoms with Crippen molar-refractivity contribution in [2.24, 2.45) is 0 Å². The Bertz CT molecular complexity index is 1390. The average Bonchev–Trinajstić information content (AvgIpc) is 3.18. The minimum atomic E-state index is 0.239. The second kappa shape index (κ2) is 6.84. The smallest absolute Gasteiger partial charge is 0.146 e. The molecular formula is C26H25N3O. The lowest BCUT2D eigenvalue weighted by Crippen LogP contribution is -2.03. The van der Waals surface area contributed by atoms with Crippen LogP contribution in [-0.4, -0.2) is 19.5 Å². The van der Waals surface area contributed by atoms with Gasteiger partial charge in [0.1, 0.15) is 17.0 Å². The van der Waals surface area contributed by atoms with E-state index < -0.39 is 0 Å². The monoisotopic (exact) mass is 395 g/mol. The SMILES string of the molecule is CC(C)c1cccc(C(C)C)c1-c1cnc2c3cc(O)ccc3c3cccnc3n12. The standard InChI is InChI=1S/C26H25N3O/c1-15(2)18-7-5-8-19(16(3)4)24(18)23-14-28-26-22-13-17(30)10-11-20(22)21-9-6-12-27-25(21)29(23)26/h5-16,30H,1-4H3. The average molecular weight is 396 g/mol. The molecule has 0 saturated carbocycles. The molecule has 0 spiro atoms. The van der Waals surface area contributed by atoms with Crippen molar-refractivity contribution in [1.82, 2.24) is 14.4 Å². The van der Waals surface area contributed by atoms with Crippen LogP contribution >= 0.6 is 0 Å². The molecule has 1 N–H and O–H groups in total. The highest BCUT2D eigenvalue weighted by Gasteiger charge is 2.21. The molecule has 0 saturated heterocycles. The van der Waals surface area contributed by atoms with Crippen LogP contribution in [0.15, 0.2) is 60.9 Å². The molecule has 5 aromatic rings. The van der Waals surface area contributed by atoms with Crippen LogP contribution in [0.5, 0.6) is 5.75 Å². The number of nitrogens with zero attached hydrogens (tertiary/aromatic N) is 3. The minimum Gasteiger partial charge on any atom is -0.508 e. The number of hydrogen-bond acceptors (Lipinski definition) is 3. The number of pyridine rings is 2. The summed E-state index contributed by atoms with van der Waals surface area (Å²) in [6, 6.07) is 16.1. The molecule has 0 fully saturated rings. The van der Waals surface area contributed by atoms with Crippen LogP contribution in [-0.2, 0) is 0 Å². The predicted molar refractivity (Wildman–Crippen MR) is 123 cm³/mol. The molecule has 0 aliphatic carbocycles. The van der Waals surface area contributed by atoms with Crippen molar-refractivity contribution in [3.63, 3.8) is 0 Å². The predicted octanol–water partition coefficient (Wildman–Crippen LogP) is 6.66. The number of phenols is 1. The molecule has 0 aliphatic rings. The van der Waals surface area contributed by atoms with Gasteiger partial charge in [0.25, 0.3) is 0 Å². The maximum absolute atomic E-state index is 10.2. The van der Waals surface area contributed by atoms with E-state index in [9.17, 15) is 5.11 Å². The molecule has 5 rings (SSSR count). The van der Waals surface area contributed by atoms with E-state index in [1.165, 1.54) is 16.7 Å². The quantitative estimate of drug-likeness (QED) is 0.348. The summed E-state index contributed by atoms with van der Waals surface area (Å²) in [6.07, 6.45) is 3.79. The molecule has 2 aromatic carbocycles. The molecule has 0 amide bonds. The molecule has 0 unspecified atom stereocenters. The third kappa shape index (κ3) is 2.67. The zero-order valence-corrected chi connectivity index (χ0v) is 17.7. The maximum Gasteiger partial charge on any atom is 0.146 e. The molecule has 0 radical (unpaired) electrons. The summed E-state index contributed by atoms with van der Waals surface area (Å²) >= 11 is 0. The fraction of sp³-hybridized carbons (Fsp3) is 0.231. The summed E-state index contributed by atoms with van der Waals surface area (Å²) in [5.74, 6) is 1.00. The number of hydrogen-bond donors (Lipinski definition) is 1. The van der Waals surface area contributed by atoms with Crippen LogP contribution in [0.2, 0.25) is 0 Å². The lowest BCUT2D eigenvalue weighted by atomic mass is 9.87. The Morgan fingerprint density at radius 1 is 0.767 bits per heavy atom.